The van der Waals surface area contributed by atoms with Gasteiger partial charge in [-0.25, -0.2) is 18.1 Å². The Morgan fingerprint density at radius 3 is 2.50 bits per heavy atom. The van der Waals surface area contributed by atoms with E-state index in [-0.39, 0.29) is 0 Å². The van der Waals surface area contributed by atoms with Gasteiger partial charge in [-0.3, -0.25) is 0 Å². The van der Waals surface area contributed by atoms with Crippen LogP contribution in [0.1, 0.15) is 16.1 Å². The summed E-state index contributed by atoms with van der Waals surface area (Å²) in [7, 11) is -3.42. The van der Waals surface area contributed by atoms with Crippen molar-refractivity contribution in [1.29, 1.82) is 0 Å². The van der Waals surface area contributed by atoms with E-state index in [1.807, 2.05) is 18.4 Å². The van der Waals surface area contributed by atoms with E-state index >= 15 is 0 Å². The molecule has 0 spiro atoms. The van der Waals surface area contributed by atoms with E-state index in [9.17, 15) is 8.42 Å². The zero-order valence-corrected chi connectivity index (χ0v) is 15.9. The van der Waals surface area contributed by atoms with Gasteiger partial charge in [-0.05, 0) is 26.0 Å². The van der Waals surface area contributed by atoms with Crippen LogP contribution in [0.15, 0.2) is 46.0 Å². The third-order valence-electron chi connectivity index (χ3n) is 3.50. The van der Waals surface area contributed by atoms with Crippen molar-refractivity contribution < 1.29 is 8.42 Å². The van der Waals surface area contributed by atoms with Crippen LogP contribution in [0.25, 0.3) is 10.6 Å². The van der Waals surface area contributed by atoms with Gasteiger partial charge in [0.1, 0.15) is 9.22 Å². The van der Waals surface area contributed by atoms with Crippen molar-refractivity contribution in [3.8, 4) is 10.6 Å². The van der Waals surface area contributed by atoms with E-state index in [1.165, 1.54) is 16.9 Å². The van der Waals surface area contributed by atoms with Crippen LogP contribution in [-0.2, 0) is 16.4 Å². The Labute approximate surface area is 150 Å². The van der Waals surface area contributed by atoms with Gasteiger partial charge in [-0.2, -0.15) is 0 Å². The molecule has 0 aliphatic heterocycles. The fourth-order valence-electron chi connectivity index (χ4n) is 2.19. The normalized spacial score (nSPS) is 11.8. The lowest BCUT2D eigenvalue weighted by Gasteiger charge is -2.03. The lowest BCUT2D eigenvalue weighted by atomic mass is 10.2. The number of aromatic nitrogens is 1. The Balaban J connectivity index is 1.61. The van der Waals surface area contributed by atoms with Crippen LogP contribution in [0, 0.1) is 13.8 Å². The highest BCUT2D eigenvalue weighted by Gasteiger charge is 2.15. The molecule has 2 heterocycles. The molecule has 24 heavy (non-hydrogen) atoms. The topological polar surface area (TPSA) is 59.1 Å². The summed E-state index contributed by atoms with van der Waals surface area (Å²) in [6.07, 6.45) is 0.575. The second-order valence-corrected chi connectivity index (χ2v) is 9.66. The SMILES string of the molecule is Cc1ccc(-c2nc(CCNS(=O)(=O)c3ccc(C)s3)cs2)cc1. The molecule has 0 atom stereocenters. The molecule has 7 heteroatoms. The number of hydrogen-bond donors (Lipinski definition) is 1. The largest absolute Gasteiger partial charge is 0.250 e. The number of hydrogen-bond acceptors (Lipinski definition) is 5. The van der Waals surface area contributed by atoms with Gasteiger partial charge >= 0.3 is 0 Å². The first-order valence-corrected chi connectivity index (χ1v) is 10.7. The molecular formula is C17H18N2O2S3. The Kier molecular flexibility index (Phi) is 5.15. The number of sulfonamides is 1. The highest BCUT2D eigenvalue weighted by atomic mass is 32.2. The average molecular weight is 379 g/mol. The highest BCUT2D eigenvalue weighted by Crippen LogP contribution is 2.24. The summed E-state index contributed by atoms with van der Waals surface area (Å²) < 4.78 is 27.4. The van der Waals surface area contributed by atoms with Crippen molar-refractivity contribution in [1.82, 2.24) is 9.71 Å². The summed E-state index contributed by atoms with van der Waals surface area (Å²) in [6, 6.07) is 11.7. The molecule has 126 valence electrons. The van der Waals surface area contributed by atoms with Gasteiger partial charge in [0.05, 0.1) is 5.69 Å². The van der Waals surface area contributed by atoms with Crippen molar-refractivity contribution >= 4 is 32.7 Å². The Hall–Kier alpha value is -1.54. The molecule has 0 saturated heterocycles. The molecule has 4 nitrogen and oxygen atoms in total. The fraction of sp³-hybridized carbons (Fsp3) is 0.235. The Morgan fingerprint density at radius 2 is 1.83 bits per heavy atom. The van der Waals surface area contributed by atoms with E-state index in [1.54, 1.807) is 17.4 Å². The van der Waals surface area contributed by atoms with Gasteiger partial charge in [0.15, 0.2) is 0 Å². The quantitative estimate of drug-likeness (QED) is 0.705. The molecule has 1 aromatic carbocycles. The van der Waals surface area contributed by atoms with Gasteiger partial charge in [-0.15, -0.1) is 22.7 Å². The maximum Gasteiger partial charge on any atom is 0.250 e. The van der Waals surface area contributed by atoms with Gasteiger partial charge in [0.2, 0.25) is 10.0 Å². The number of nitrogens with one attached hydrogen (secondary N) is 1. The minimum atomic E-state index is -3.42. The van der Waals surface area contributed by atoms with Gasteiger partial charge < -0.3 is 0 Å². The van der Waals surface area contributed by atoms with E-state index in [0.29, 0.717) is 17.2 Å². The third kappa shape index (κ3) is 4.10. The minimum Gasteiger partial charge on any atom is -0.241 e. The Bertz CT molecular complexity index is 925. The zero-order valence-electron chi connectivity index (χ0n) is 13.4. The van der Waals surface area contributed by atoms with Gasteiger partial charge in [0, 0.05) is 28.8 Å². The number of aryl methyl sites for hydroxylation is 2. The van der Waals surface area contributed by atoms with E-state index in [0.717, 1.165) is 21.1 Å². The molecule has 0 bridgehead atoms. The summed E-state index contributed by atoms with van der Waals surface area (Å²) in [4.78, 5) is 5.58. The van der Waals surface area contributed by atoms with Crippen LogP contribution >= 0.6 is 22.7 Å². The lowest BCUT2D eigenvalue weighted by molar-refractivity contribution is 0.583. The molecule has 1 N–H and O–H groups in total. The van der Waals surface area contributed by atoms with Crippen LogP contribution in [0.3, 0.4) is 0 Å². The van der Waals surface area contributed by atoms with Crippen LogP contribution in [0.4, 0.5) is 0 Å². The first-order valence-electron chi connectivity index (χ1n) is 7.51. The summed E-state index contributed by atoms with van der Waals surface area (Å²) in [5.74, 6) is 0. The lowest BCUT2D eigenvalue weighted by Crippen LogP contribution is -2.25. The predicted molar refractivity (Wildman–Crippen MR) is 100 cm³/mol. The van der Waals surface area contributed by atoms with Crippen molar-refractivity contribution in [2.24, 2.45) is 0 Å². The van der Waals surface area contributed by atoms with Gasteiger partial charge in [0.25, 0.3) is 0 Å². The second-order valence-electron chi connectivity index (χ2n) is 5.52. The molecular weight excluding hydrogens is 360 g/mol. The van der Waals surface area contributed by atoms with Crippen molar-refractivity contribution in [3.63, 3.8) is 0 Å². The molecule has 0 fully saturated rings. The van der Waals surface area contributed by atoms with Crippen molar-refractivity contribution in [2.45, 2.75) is 24.5 Å². The van der Waals surface area contributed by atoms with Crippen LogP contribution < -0.4 is 4.72 Å². The monoisotopic (exact) mass is 378 g/mol. The smallest absolute Gasteiger partial charge is 0.241 e. The molecule has 0 aliphatic carbocycles. The molecule has 0 aliphatic rings. The molecule has 0 unspecified atom stereocenters. The maximum absolute atomic E-state index is 12.2. The summed E-state index contributed by atoms with van der Waals surface area (Å²) in [5, 5.41) is 2.94. The first-order chi connectivity index (χ1) is 11.4. The number of rotatable bonds is 6. The summed E-state index contributed by atoms with van der Waals surface area (Å²) in [5.41, 5.74) is 3.21. The van der Waals surface area contributed by atoms with E-state index in [4.69, 9.17) is 0 Å². The number of thiazole rings is 1. The van der Waals surface area contributed by atoms with E-state index in [2.05, 4.69) is 40.9 Å². The maximum atomic E-state index is 12.2. The van der Waals surface area contributed by atoms with Crippen molar-refractivity contribution in [2.75, 3.05) is 6.54 Å². The summed E-state index contributed by atoms with van der Waals surface area (Å²) in [6.45, 7) is 4.29. The van der Waals surface area contributed by atoms with Crippen LogP contribution in [-0.4, -0.2) is 19.9 Å². The highest BCUT2D eigenvalue weighted by molar-refractivity contribution is 7.91. The van der Waals surface area contributed by atoms with Gasteiger partial charge in [-0.1, -0.05) is 29.8 Å². The fourth-order valence-corrected chi connectivity index (χ4v) is 5.41. The number of benzene rings is 1. The molecule has 3 aromatic rings. The van der Waals surface area contributed by atoms with Crippen LogP contribution in [0.2, 0.25) is 0 Å². The second kappa shape index (κ2) is 7.14. The average Bonchev–Trinajstić information content (AvgIpc) is 3.17. The molecule has 0 radical (unpaired) electrons. The minimum absolute atomic E-state index is 0.344. The predicted octanol–water partition coefficient (Wildman–Crippen LogP) is 4.01. The number of nitrogens with zero attached hydrogens (tertiary/aromatic N) is 1. The standard InChI is InChI=1S/C17H18N2O2S3/c1-12-3-6-14(7-4-12)17-19-15(11-22-17)9-10-18-24(20,21)16-8-5-13(2)23-16/h3-8,11,18H,9-10H2,1-2H3. The van der Waals surface area contributed by atoms with Crippen molar-refractivity contribution in [3.05, 3.63) is 57.9 Å². The number of thiophene rings is 1. The zero-order chi connectivity index (χ0) is 17.2. The summed E-state index contributed by atoms with van der Waals surface area (Å²) >= 11 is 2.86. The molecule has 0 saturated carbocycles. The third-order valence-corrected chi connectivity index (χ3v) is 7.40. The molecule has 0 amide bonds. The Morgan fingerprint density at radius 1 is 1.08 bits per heavy atom. The first kappa shape index (κ1) is 17.3. The van der Waals surface area contributed by atoms with Crippen LogP contribution in [0.5, 0.6) is 0 Å². The molecule has 3 rings (SSSR count). The molecule has 2 aromatic heterocycles. The van der Waals surface area contributed by atoms with E-state index < -0.39 is 10.0 Å².